The van der Waals surface area contributed by atoms with Gasteiger partial charge in [-0.05, 0) is 28.5 Å². The Kier molecular flexibility index (Phi) is 4.36. The first kappa shape index (κ1) is 16.6. The summed E-state index contributed by atoms with van der Waals surface area (Å²) in [4.78, 5) is 25.2. The molecule has 8 heteroatoms. The fraction of sp³-hybridized carbons (Fsp3) is 0.111. The minimum atomic E-state index is -0.426. The molecule has 26 heavy (non-hydrogen) atoms. The first-order valence-corrected chi connectivity index (χ1v) is 9.62. The van der Waals surface area contributed by atoms with E-state index in [9.17, 15) is 14.9 Å². The Hall–Kier alpha value is -2.84. The van der Waals surface area contributed by atoms with Gasteiger partial charge in [0.2, 0.25) is 0 Å². The van der Waals surface area contributed by atoms with Crippen LogP contribution in [-0.2, 0) is 0 Å². The van der Waals surface area contributed by atoms with E-state index >= 15 is 0 Å². The van der Waals surface area contributed by atoms with Gasteiger partial charge in [0.25, 0.3) is 11.6 Å². The molecule has 0 saturated heterocycles. The van der Waals surface area contributed by atoms with Gasteiger partial charge in [0, 0.05) is 18.6 Å². The first-order chi connectivity index (χ1) is 12.6. The molecule has 1 amide bonds. The molecule has 1 aliphatic heterocycles. The van der Waals surface area contributed by atoms with Crippen molar-refractivity contribution in [2.45, 2.75) is 12.5 Å². The third-order valence-corrected chi connectivity index (χ3v) is 5.90. The van der Waals surface area contributed by atoms with Gasteiger partial charge in [0.1, 0.15) is 0 Å². The molecule has 0 N–H and O–H groups in total. The Bertz CT molecular complexity index is 981. The Balaban J connectivity index is 1.74. The van der Waals surface area contributed by atoms with Gasteiger partial charge in [-0.25, -0.2) is 5.01 Å². The van der Waals surface area contributed by atoms with E-state index in [2.05, 4.69) is 5.10 Å². The van der Waals surface area contributed by atoms with Gasteiger partial charge in [0.05, 0.1) is 26.4 Å². The molecule has 0 aliphatic carbocycles. The number of carbonyl (C=O) groups excluding carboxylic acids is 1. The highest BCUT2D eigenvalue weighted by Gasteiger charge is 2.34. The van der Waals surface area contributed by atoms with Gasteiger partial charge in [-0.3, -0.25) is 14.9 Å². The van der Waals surface area contributed by atoms with E-state index in [1.54, 1.807) is 29.5 Å². The highest BCUT2D eigenvalue weighted by Crippen LogP contribution is 2.36. The van der Waals surface area contributed by atoms with E-state index in [4.69, 9.17) is 0 Å². The third-order valence-electron chi connectivity index (χ3n) is 4.12. The van der Waals surface area contributed by atoms with Crippen LogP contribution in [0.4, 0.5) is 5.69 Å². The number of non-ortho nitro benzene ring substituents is 1. The summed E-state index contributed by atoms with van der Waals surface area (Å²) in [7, 11) is 0. The van der Waals surface area contributed by atoms with Gasteiger partial charge >= 0.3 is 0 Å². The van der Waals surface area contributed by atoms with Crippen LogP contribution in [0.1, 0.15) is 32.6 Å². The van der Waals surface area contributed by atoms with E-state index in [0.29, 0.717) is 16.9 Å². The SMILES string of the molecule is O=C(c1cccs1)N1N=C(c2cccs2)C[C@H]1c1cccc([N+](=O)[O-])c1. The summed E-state index contributed by atoms with van der Waals surface area (Å²) in [5.74, 6) is -0.192. The maximum absolute atomic E-state index is 12.9. The molecule has 130 valence electrons. The van der Waals surface area contributed by atoms with Crippen molar-refractivity contribution in [2.24, 2.45) is 5.10 Å². The zero-order valence-corrected chi connectivity index (χ0v) is 15.1. The minimum Gasteiger partial charge on any atom is -0.266 e. The van der Waals surface area contributed by atoms with Crippen LogP contribution in [0.5, 0.6) is 0 Å². The molecule has 0 unspecified atom stereocenters. The summed E-state index contributed by atoms with van der Waals surface area (Å²) in [6.45, 7) is 0. The molecule has 2 aromatic heterocycles. The number of nitro groups is 1. The number of amides is 1. The number of hydrogen-bond acceptors (Lipinski definition) is 6. The van der Waals surface area contributed by atoms with Gasteiger partial charge in [-0.1, -0.05) is 24.3 Å². The number of hydrazone groups is 1. The van der Waals surface area contributed by atoms with Crippen LogP contribution in [0.25, 0.3) is 0 Å². The third kappa shape index (κ3) is 3.04. The number of benzene rings is 1. The summed E-state index contributed by atoms with van der Waals surface area (Å²) in [5.41, 5.74) is 1.54. The van der Waals surface area contributed by atoms with E-state index in [-0.39, 0.29) is 17.6 Å². The molecular formula is C18H13N3O3S2. The molecular weight excluding hydrogens is 370 g/mol. The second-order valence-electron chi connectivity index (χ2n) is 5.72. The summed E-state index contributed by atoms with van der Waals surface area (Å²) in [6, 6.07) is 13.5. The zero-order valence-electron chi connectivity index (χ0n) is 13.4. The maximum Gasteiger partial charge on any atom is 0.284 e. The fourth-order valence-corrected chi connectivity index (χ4v) is 4.28. The number of hydrogen-bond donors (Lipinski definition) is 0. The van der Waals surface area contributed by atoms with Crippen molar-refractivity contribution in [3.8, 4) is 0 Å². The lowest BCUT2D eigenvalue weighted by Gasteiger charge is -2.21. The summed E-state index contributed by atoms with van der Waals surface area (Å²) in [6.07, 6.45) is 0.527. The average Bonchev–Trinajstić information content (AvgIpc) is 3.42. The van der Waals surface area contributed by atoms with Crippen LogP contribution in [0, 0.1) is 10.1 Å². The first-order valence-electron chi connectivity index (χ1n) is 7.86. The zero-order chi connectivity index (χ0) is 18.1. The molecule has 0 spiro atoms. The molecule has 0 saturated carbocycles. The Labute approximate surface area is 157 Å². The van der Waals surface area contributed by atoms with Crippen molar-refractivity contribution in [2.75, 3.05) is 0 Å². The van der Waals surface area contributed by atoms with Crippen LogP contribution >= 0.6 is 22.7 Å². The van der Waals surface area contributed by atoms with Crippen LogP contribution in [0.2, 0.25) is 0 Å². The Morgan fingerprint density at radius 2 is 1.96 bits per heavy atom. The molecule has 1 aliphatic rings. The molecule has 6 nitrogen and oxygen atoms in total. The topological polar surface area (TPSA) is 75.8 Å². The summed E-state index contributed by atoms with van der Waals surface area (Å²) >= 11 is 2.92. The molecule has 3 aromatic rings. The minimum absolute atomic E-state index is 0.00981. The smallest absolute Gasteiger partial charge is 0.266 e. The fourth-order valence-electron chi connectivity index (χ4n) is 2.91. The monoisotopic (exact) mass is 383 g/mol. The van der Waals surface area contributed by atoms with Gasteiger partial charge < -0.3 is 0 Å². The van der Waals surface area contributed by atoms with Crippen molar-refractivity contribution in [1.82, 2.24) is 5.01 Å². The highest BCUT2D eigenvalue weighted by molar-refractivity contribution is 7.12. The average molecular weight is 383 g/mol. The number of nitrogens with zero attached hydrogens (tertiary/aromatic N) is 3. The number of carbonyl (C=O) groups is 1. The van der Waals surface area contributed by atoms with Gasteiger partial charge in [0.15, 0.2) is 0 Å². The second kappa shape index (κ2) is 6.81. The highest BCUT2D eigenvalue weighted by atomic mass is 32.1. The molecule has 1 aromatic carbocycles. The maximum atomic E-state index is 12.9. The molecule has 0 bridgehead atoms. The van der Waals surface area contributed by atoms with Gasteiger partial charge in [-0.2, -0.15) is 5.10 Å². The lowest BCUT2D eigenvalue weighted by Crippen LogP contribution is -2.26. The van der Waals surface area contributed by atoms with Crippen LogP contribution in [0.15, 0.2) is 64.4 Å². The Morgan fingerprint density at radius 1 is 1.15 bits per heavy atom. The second-order valence-corrected chi connectivity index (χ2v) is 7.62. The number of rotatable bonds is 4. The largest absolute Gasteiger partial charge is 0.284 e. The normalized spacial score (nSPS) is 16.5. The van der Waals surface area contributed by atoms with E-state index in [1.807, 2.05) is 29.0 Å². The molecule has 3 heterocycles. The van der Waals surface area contributed by atoms with Crippen molar-refractivity contribution in [1.29, 1.82) is 0 Å². The van der Waals surface area contributed by atoms with E-state index < -0.39 is 4.92 Å². The Morgan fingerprint density at radius 3 is 2.65 bits per heavy atom. The van der Waals surface area contributed by atoms with Crippen LogP contribution in [0.3, 0.4) is 0 Å². The summed E-state index contributed by atoms with van der Waals surface area (Å²) in [5, 5.41) is 21.0. The summed E-state index contributed by atoms with van der Waals surface area (Å²) < 4.78 is 0. The van der Waals surface area contributed by atoms with Crippen LogP contribution < -0.4 is 0 Å². The van der Waals surface area contributed by atoms with Gasteiger partial charge in [-0.15, -0.1) is 22.7 Å². The number of thiophene rings is 2. The molecule has 1 atom stereocenters. The molecule has 0 fully saturated rings. The van der Waals surface area contributed by atoms with Crippen LogP contribution in [-0.4, -0.2) is 21.6 Å². The van der Waals surface area contributed by atoms with Crippen molar-refractivity contribution >= 4 is 40.0 Å². The molecule has 0 radical (unpaired) electrons. The van der Waals surface area contributed by atoms with Crippen molar-refractivity contribution < 1.29 is 9.72 Å². The van der Waals surface area contributed by atoms with Crippen molar-refractivity contribution in [3.63, 3.8) is 0 Å². The van der Waals surface area contributed by atoms with E-state index in [0.717, 1.165) is 10.6 Å². The van der Waals surface area contributed by atoms with E-state index in [1.165, 1.54) is 28.5 Å². The quantitative estimate of drug-likeness (QED) is 0.484. The number of nitro benzene ring substituents is 1. The predicted octanol–water partition coefficient (Wildman–Crippen LogP) is 4.71. The lowest BCUT2D eigenvalue weighted by molar-refractivity contribution is -0.384. The predicted molar refractivity (Wildman–Crippen MR) is 102 cm³/mol. The lowest BCUT2D eigenvalue weighted by atomic mass is 10.0. The standard InChI is InChI=1S/C18H13N3O3S2/c22-18(17-7-3-9-26-17)20-15(11-14(19-20)16-6-2-8-25-16)12-4-1-5-13(10-12)21(23)24/h1-10,15H,11H2/t15-/m0/s1. The van der Waals surface area contributed by atoms with Crippen molar-refractivity contribution in [3.05, 3.63) is 84.7 Å². The molecule has 4 rings (SSSR count).